The second-order valence-corrected chi connectivity index (χ2v) is 6.37. The van der Waals surface area contributed by atoms with Gasteiger partial charge in [0.15, 0.2) is 11.5 Å². The lowest BCUT2D eigenvalue weighted by Crippen LogP contribution is -2.40. The molecule has 3 amide bonds. The summed E-state index contributed by atoms with van der Waals surface area (Å²) in [6, 6.07) is 12.1. The van der Waals surface area contributed by atoms with Crippen LogP contribution in [-0.2, 0) is 16.9 Å². The molecule has 1 N–H and O–H groups in total. The largest absolute Gasteiger partial charge is 0.497 e. The molecule has 7 heteroatoms. The number of amides is 3. The first kappa shape index (κ1) is 16.3. The van der Waals surface area contributed by atoms with Crippen molar-refractivity contribution in [2.45, 2.75) is 19.0 Å². The first-order valence-electron chi connectivity index (χ1n) is 8.18. The summed E-state index contributed by atoms with van der Waals surface area (Å²) in [5.74, 6) is 1.55. The summed E-state index contributed by atoms with van der Waals surface area (Å²) in [6.45, 7) is 2.01. The van der Waals surface area contributed by atoms with Gasteiger partial charge >= 0.3 is 6.03 Å². The third-order valence-corrected chi connectivity index (χ3v) is 4.70. The number of carbonyl (C=O) groups excluding carboxylic acids is 2. The molecule has 0 bridgehead atoms. The van der Waals surface area contributed by atoms with E-state index in [1.165, 1.54) is 4.90 Å². The van der Waals surface area contributed by atoms with Crippen LogP contribution >= 0.6 is 0 Å². The van der Waals surface area contributed by atoms with Gasteiger partial charge in [-0.05, 0) is 42.3 Å². The van der Waals surface area contributed by atoms with Gasteiger partial charge in [0, 0.05) is 0 Å². The maximum absolute atomic E-state index is 13.0. The van der Waals surface area contributed by atoms with Gasteiger partial charge < -0.3 is 19.5 Å². The zero-order chi connectivity index (χ0) is 18.3. The third kappa shape index (κ3) is 2.52. The first-order valence-corrected chi connectivity index (χ1v) is 8.18. The summed E-state index contributed by atoms with van der Waals surface area (Å²) in [7, 11) is 1.57. The van der Waals surface area contributed by atoms with Gasteiger partial charge in [0.05, 0.1) is 13.7 Å². The number of hydrogen-bond donors (Lipinski definition) is 1. The van der Waals surface area contributed by atoms with Crippen molar-refractivity contribution in [1.29, 1.82) is 0 Å². The van der Waals surface area contributed by atoms with Crippen LogP contribution in [0.5, 0.6) is 17.2 Å². The maximum atomic E-state index is 13.0. The Kier molecular flexibility index (Phi) is 3.72. The molecule has 26 heavy (non-hydrogen) atoms. The second kappa shape index (κ2) is 5.94. The number of imide groups is 1. The van der Waals surface area contributed by atoms with E-state index < -0.39 is 11.6 Å². The summed E-state index contributed by atoms with van der Waals surface area (Å²) in [5.41, 5.74) is 0.299. The van der Waals surface area contributed by atoms with Crippen LogP contribution in [0.15, 0.2) is 42.5 Å². The number of ether oxygens (including phenoxy) is 3. The Morgan fingerprint density at radius 3 is 2.77 bits per heavy atom. The molecule has 2 aromatic rings. The predicted octanol–water partition coefficient (Wildman–Crippen LogP) is 2.39. The van der Waals surface area contributed by atoms with Gasteiger partial charge in [0.25, 0.3) is 5.91 Å². The van der Waals surface area contributed by atoms with E-state index in [0.29, 0.717) is 22.8 Å². The Morgan fingerprint density at radius 1 is 1.15 bits per heavy atom. The average Bonchev–Trinajstić information content (AvgIpc) is 3.20. The zero-order valence-electron chi connectivity index (χ0n) is 14.4. The highest BCUT2D eigenvalue weighted by molar-refractivity contribution is 6.07. The number of carbonyl (C=O) groups is 2. The molecular weight excluding hydrogens is 336 g/mol. The molecule has 1 atom stereocenters. The summed E-state index contributed by atoms with van der Waals surface area (Å²) in [6.07, 6.45) is 0. The quantitative estimate of drug-likeness (QED) is 0.853. The molecule has 134 valence electrons. The highest BCUT2D eigenvalue weighted by Crippen LogP contribution is 2.38. The monoisotopic (exact) mass is 354 g/mol. The van der Waals surface area contributed by atoms with Gasteiger partial charge in [-0.3, -0.25) is 9.69 Å². The van der Waals surface area contributed by atoms with Crippen molar-refractivity contribution in [3.05, 3.63) is 53.6 Å². The lowest BCUT2D eigenvalue weighted by Gasteiger charge is -2.22. The SMILES string of the molecule is COc1cccc(CN2C(=O)N[C@@](C)(c3ccc4c(c3)OCO4)C2=O)c1. The Bertz CT molecular complexity index is 897. The highest BCUT2D eigenvalue weighted by atomic mass is 16.7. The van der Waals surface area contributed by atoms with Gasteiger partial charge in [-0.15, -0.1) is 0 Å². The van der Waals surface area contributed by atoms with Crippen molar-refractivity contribution < 1.29 is 23.8 Å². The fourth-order valence-electron chi connectivity index (χ4n) is 3.20. The average molecular weight is 354 g/mol. The summed E-state index contributed by atoms with van der Waals surface area (Å²) in [4.78, 5) is 26.7. The van der Waals surface area contributed by atoms with Crippen molar-refractivity contribution in [2.24, 2.45) is 0 Å². The Labute approximate surface area is 150 Å². The molecule has 2 heterocycles. The lowest BCUT2D eigenvalue weighted by atomic mass is 9.91. The van der Waals surface area contributed by atoms with Gasteiger partial charge in [-0.1, -0.05) is 18.2 Å². The molecule has 2 aromatic carbocycles. The van der Waals surface area contributed by atoms with Crippen molar-refractivity contribution in [2.75, 3.05) is 13.9 Å². The van der Waals surface area contributed by atoms with Gasteiger partial charge in [-0.25, -0.2) is 4.79 Å². The van der Waals surface area contributed by atoms with E-state index in [1.807, 2.05) is 18.2 Å². The first-order chi connectivity index (χ1) is 12.5. The number of nitrogens with zero attached hydrogens (tertiary/aromatic N) is 1. The number of methoxy groups -OCH3 is 1. The second-order valence-electron chi connectivity index (χ2n) is 6.37. The van der Waals surface area contributed by atoms with Crippen LogP contribution in [0.3, 0.4) is 0 Å². The number of rotatable bonds is 4. The van der Waals surface area contributed by atoms with Gasteiger partial charge in [0.1, 0.15) is 11.3 Å². The van der Waals surface area contributed by atoms with E-state index in [1.54, 1.807) is 38.3 Å². The zero-order valence-corrected chi connectivity index (χ0v) is 14.4. The van der Waals surface area contributed by atoms with Crippen LogP contribution in [0.25, 0.3) is 0 Å². The smallest absolute Gasteiger partial charge is 0.325 e. The normalized spacial score (nSPS) is 21.1. The Morgan fingerprint density at radius 2 is 1.96 bits per heavy atom. The Balaban J connectivity index is 1.62. The minimum atomic E-state index is -1.16. The van der Waals surface area contributed by atoms with E-state index in [2.05, 4.69) is 5.32 Å². The van der Waals surface area contributed by atoms with E-state index in [9.17, 15) is 9.59 Å². The molecule has 2 aliphatic heterocycles. The fourth-order valence-corrected chi connectivity index (χ4v) is 3.20. The van der Waals surface area contributed by atoms with Crippen molar-refractivity contribution in [3.8, 4) is 17.2 Å². The molecule has 4 rings (SSSR count). The number of nitrogens with one attached hydrogen (secondary N) is 1. The third-order valence-electron chi connectivity index (χ3n) is 4.70. The summed E-state index contributed by atoms with van der Waals surface area (Å²) < 4.78 is 15.9. The molecule has 0 radical (unpaired) electrons. The number of urea groups is 1. The van der Waals surface area contributed by atoms with Crippen LogP contribution in [-0.4, -0.2) is 30.7 Å². The number of benzene rings is 2. The van der Waals surface area contributed by atoms with E-state index in [4.69, 9.17) is 14.2 Å². The van der Waals surface area contributed by atoms with Gasteiger partial charge in [-0.2, -0.15) is 0 Å². The predicted molar refractivity (Wildman–Crippen MR) is 92.0 cm³/mol. The van der Waals surface area contributed by atoms with Crippen molar-refractivity contribution in [3.63, 3.8) is 0 Å². The maximum Gasteiger partial charge on any atom is 0.325 e. The molecule has 0 aliphatic carbocycles. The molecule has 0 unspecified atom stereocenters. The Hall–Kier alpha value is -3.22. The number of fused-ring (bicyclic) bond motifs is 1. The minimum Gasteiger partial charge on any atom is -0.497 e. The van der Waals surface area contributed by atoms with Gasteiger partial charge in [0.2, 0.25) is 6.79 Å². The molecule has 1 fully saturated rings. The van der Waals surface area contributed by atoms with Crippen LogP contribution in [0.1, 0.15) is 18.1 Å². The molecule has 0 saturated carbocycles. The molecular formula is C19H18N2O5. The fraction of sp³-hybridized carbons (Fsp3) is 0.263. The molecule has 0 aromatic heterocycles. The van der Waals surface area contributed by atoms with Crippen LogP contribution in [0.4, 0.5) is 4.79 Å². The molecule has 1 saturated heterocycles. The topological polar surface area (TPSA) is 77.1 Å². The number of hydrogen-bond acceptors (Lipinski definition) is 5. The van der Waals surface area contributed by atoms with Crippen molar-refractivity contribution >= 4 is 11.9 Å². The highest BCUT2D eigenvalue weighted by Gasteiger charge is 2.49. The molecule has 7 nitrogen and oxygen atoms in total. The van der Waals surface area contributed by atoms with Crippen LogP contribution < -0.4 is 19.5 Å². The standard InChI is InChI=1S/C19H18N2O5/c1-19(13-6-7-15-16(9-13)26-11-25-15)17(22)21(18(23)20-19)10-12-4-3-5-14(8-12)24-2/h3-9H,10-11H2,1-2H3,(H,20,23)/t19-/m0/s1. The van der Waals surface area contributed by atoms with E-state index >= 15 is 0 Å². The van der Waals surface area contributed by atoms with E-state index in [0.717, 1.165) is 5.56 Å². The summed E-state index contributed by atoms with van der Waals surface area (Å²) in [5, 5.41) is 2.80. The molecule has 0 spiro atoms. The van der Waals surface area contributed by atoms with Crippen LogP contribution in [0.2, 0.25) is 0 Å². The molecule has 2 aliphatic rings. The van der Waals surface area contributed by atoms with E-state index in [-0.39, 0.29) is 19.2 Å². The summed E-state index contributed by atoms with van der Waals surface area (Å²) >= 11 is 0. The minimum absolute atomic E-state index is 0.151. The van der Waals surface area contributed by atoms with Crippen LogP contribution in [0, 0.1) is 0 Å². The lowest BCUT2D eigenvalue weighted by molar-refractivity contribution is -0.131. The van der Waals surface area contributed by atoms with Crippen molar-refractivity contribution in [1.82, 2.24) is 10.2 Å².